The SMILES string of the molecule is CCN(CC(=O)N(Cc1ccco1)Cc1cc2cc(C)ccc2[nH]c1=O)C1CCCCC1. The van der Waals surface area contributed by atoms with Crippen LogP contribution in [0.5, 0.6) is 0 Å². The summed E-state index contributed by atoms with van der Waals surface area (Å²) in [6.45, 7) is 5.96. The molecule has 0 atom stereocenters. The maximum Gasteiger partial charge on any atom is 0.253 e. The van der Waals surface area contributed by atoms with Crippen molar-refractivity contribution in [2.24, 2.45) is 0 Å². The van der Waals surface area contributed by atoms with Gasteiger partial charge in [-0.1, -0.05) is 37.8 Å². The highest BCUT2D eigenvalue weighted by Crippen LogP contribution is 2.23. The summed E-state index contributed by atoms with van der Waals surface area (Å²) in [6, 6.07) is 12.0. The number of benzene rings is 1. The second kappa shape index (κ2) is 10.2. The lowest BCUT2D eigenvalue weighted by atomic mass is 9.94. The minimum absolute atomic E-state index is 0.0255. The Bertz CT molecular complexity index is 1100. The molecule has 0 bridgehead atoms. The molecule has 4 rings (SSSR count). The molecule has 1 aliphatic rings. The van der Waals surface area contributed by atoms with Gasteiger partial charge in [0.25, 0.3) is 5.56 Å². The number of aromatic amines is 1. The van der Waals surface area contributed by atoms with Gasteiger partial charge in [0.05, 0.1) is 25.9 Å². The van der Waals surface area contributed by atoms with Crippen molar-refractivity contribution in [2.45, 2.75) is 65.1 Å². The van der Waals surface area contributed by atoms with Crippen LogP contribution in [0.25, 0.3) is 10.9 Å². The molecule has 1 N–H and O–H groups in total. The number of pyridine rings is 1. The molecule has 0 spiro atoms. The van der Waals surface area contributed by atoms with E-state index in [9.17, 15) is 9.59 Å². The number of carbonyl (C=O) groups is 1. The Kier molecular flexibility index (Phi) is 7.10. The van der Waals surface area contributed by atoms with E-state index < -0.39 is 0 Å². The van der Waals surface area contributed by atoms with E-state index in [1.54, 1.807) is 11.2 Å². The number of H-pyrrole nitrogens is 1. The smallest absolute Gasteiger partial charge is 0.253 e. The maximum absolute atomic E-state index is 13.4. The lowest BCUT2D eigenvalue weighted by Crippen LogP contribution is -2.45. The fourth-order valence-electron chi connectivity index (χ4n) is 4.74. The highest BCUT2D eigenvalue weighted by molar-refractivity contribution is 5.80. The highest BCUT2D eigenvalue weighted by atomic mass is 16.3. The van der Waals surface area contributed by atoms with E-state index in [1.807, 2.05) is 37.3 Å². The standard InChI is InChI=1S/C26H33N3O3/c1-3-28(22-8-5-4-6-9-22)18-25(30)29(17-23-10-7-13-32-23)16-21-15-20-14-19(2)11-12-24(20)27-26(21)31/h7,10-15,22H,3-6,8-9,16-18H2,1-2H3,(H,27,31). The Morgan fingerprint density at radius 3 is 2.66 bits per heavy atom. The molecule has 0 radical (unpaired) electrons. The van der Waals surface area contributed by atoms with E-state index in [-0.39, 0.29) is 18.0 Å². The van der Waals surface area contributed by atoms with Crippen molar-refractivity contribution in [2.75, 3.05) is 13.1 Å². The van der Waals surface area contributed by atoms with Crippen molar-refractivity contribution >= 4 is 16.8 Å². The van der Waals surface area contributed by atoms with Crippen LogP contribution in [0.1, 0.15) is 55.9 Å². The van der Waals surface area contributed by atoms with Gasteiger partial charge in [-0.05, 0) is 62.0 Å². The molecule has 1 amide bonds. The van der Waals surface area contributed by atoms with Crippen LogP contribution in [0.4, 0.5) is 0 Å². The minimum atomic E-state index is -0.154. The number of aryl methyl sites for hydroxylation is 1. The summed E-state index contributed by atoms with van der Waals surface area (Å²) in [5, 5.41) is 0.974. The molecular formula is C26H33N3O3. The Labute approximate surface area is 189 Å². The topological polar surface area (TPSA) is 69.6 Å². The monoisotopic (exact) mass is 435 g/mol. The number of furan rings is 1. The quantitative estimate of drug-likeness (QED) is 0.561. The first-order valence-electron chi connectivity index (χ1n) is 11.7. The molecule has 1 aliphatic carbocycles. The summed E-state index contributed by atoms with van der Waals surface area (Å²) in [5.74, 6) is 0.740. The number of rotatable bonds is 8. The number of fused-ring (bicyclic) bond motifs is 1. The zero-order chi connectivity index (χ0) is 22.5. The number of amides is 1. The summed E-state index contributed by atoms with van der Waals surface area (Å²) in [6.07, 6.45) is 7.68. The van der Waals surface area contributed by atoms with Gasteiger partial charge < -0.3 is 14.3 Å². The predicted octanol–water partition coefficient (Wildman–Crippen LogP) is 4.61. The number of nitrogens with one attached hydrogen (secondary N) is 1. The molecule has 32 heavy (non-hydrogen) atoms. The number of carbonyl (C=O) groups excluding carboxylic acids is 1. The molecule has 1 fully saturated rings. The number of hydrogen-bond acceptors (Lipinski definition) is 4. The van der Waals surface area contributed by atoms with Crippen LogP contribution in [0.3, 0.4) is 0 Å². The molecule has 6 heteroatoms. The van der Waals surface area contributed by atoms with Crippen molar-refractivity contribution in [1.82, 2.24) is 14.8 Å². The fraction of sp³-hybridized carbons (Fsp3) is 0.462. The van der Waals surface area contributed by atoms with Gasteiger partial charge >= 0.3 is 0 Å². The lowest BCUT2D eigenvalue weighted by molar-refractivity contribution is -0.134. The number of aromatic nitrogens is 1. The molecule has 2 aromatic heterocycles. The van der Waals surface area contributed by atoms with Gasteiger partial charge in [0.15, 0.2) is 0 Å². The van der Waals surface area contributed by atoms with E-state index in [2.05, 4.69) is 22.9 Å². The van der Waals surface area contributed by atoms with E-state index in [0.717, 1.165) is 35.9 Å². The molecule has 0 saturated heterocycles. The van der Waals surface area contributed by atoms with Crippen LogP contribution in [-0.2, 0) is 17.9 Å². The molecule has 1 saturated carbocycles. The first-order valence-corrected chi connectivity index (χ1v) is 11.7. The Morgan fingerprint density at radius 2 is 1.94 bits per heavy atom. The van der Waals surface area contributed by atoms with Crippen LogP contribution in [0, 0.1) is 6.92 Å². The first kappa shape index (κ1) is 22.3. The third-order valence-electron chi connectivity index (χ3n) is 6.55. The largest absolute Gasteiger partial charge is 0.467 e. The van der Waals surface area contributed by atoms with Crippen LogP contribution in [-0.4, -0.2) is 39.8 Å². The fourth-order valence-corrected chi connectivity index (χ4v) is 4.74. The molecule has 0 unspecified atom stereocenters. The number of hydrogen-bond donors (Lipinski definition) is 1. The average Bonchev–Trinajstić information content (AvgIpc) is 3.31. The van der Waals surface area contributed by atoms with E-state index >= 15 is 0 Å². The van der Waals surface area contributed by atoms with Gasteiger partial charge in [-0.15, -0.1) is 0 Å². The summed E-state index contributed by atoms with van der Waals surface area (Å²) in [5.41, 5.74) is 2.37. The Hall–Kier alpha value is -2.86. The summed E-state index contributed by atoms with van der Waals surface area (Å²) < 4.78 is 5.52. The van der Waals surface area contributed by atoms with Crippen molar-refractivity contribution in [3.05, 3.63) is 69.9 Å². The summed E-state index contributed by atoms with van der Waals surface area (Å²) >= 11 is 0. The van der Waals surface area contributed by atoms with Crippen molar-refractivity contribution in [3.63, 3.8) is 0 Å². The predicted molar refractivity (Wildman–Crippen MR) is 126 cm³/mol. The van der Waals surface area contributed by atoms with Crippen LogP contribution in [0.2, 0.25) is 0 Å². The number of nitrogens with zero attached hydrogens (tertiary/aromatic N) is 2. The number of likely N-dealkylation sites (N-methyl/N-ethyl adjacent to an activating group) is 1. The Morgan fingerprint density at radius 1 is 1.12 bits per heavy atom. The van der Waals surface area contributed by atoms with Crippen LogP contribution >= 0.6 is 0 Å². The second-order valence-corrected chi connectivity index (χ2v) is 8.90. The van der Waals surface area contributed by atoms with Gasteiger partial charge in [0.1, 0.15) is 5.76 Å². The molecule has 170 valence electrons. The van der Waals surface area contributed by atoms with Crippen LogP contribution in [0.15, 0.2) is 51.9 Å². The summed E-state index contributed by atoms with van der Waals surface area (Å²) in [7, 11) is 0. The van der Waals surface area contributed by atoms with E-state index in [0.29, 0.717) is 30.5 Å². The van der Waals surface area contributed by atoms with Gasteiger partial charge in [-0.25, -0.2) is 0 Å². The molecular weight excluding hydrogens is 402 g/mol. The lowest BCUT2D eigenvalue weighted by Gasteiger charge is -2.34. The normalized spacial score (nSPS) is 14.8. The molecule has 1 aromatic carbocycles. The van der Waals surface area contributed by atoms with Gasteiger partial charge in [0.2, 0.25) is 5.91 Å². The molecule has 3 aromatic rings. The molecule has 6 nitrogen and oxygen atoms in total. The zero-order valence-electron chi connectivity index (χ0n) is 19.1. The minimum Gasteiger partial charge on any atom is -0.467 e. The van der Waals surface area contributed by atoms with Gasteiger partial charge in [0, 0.05) is 17.1 Å². The van der Waals surface area contributed by atoms with Gasteiger partial charge in [-0.2, -0.15) is 0 Å². The second-order valence-electron chi connectivity index (χ2n) is 8.90. The zero-order valence-corrected chi connectivity index (χ0v) is 19.1. The Balaban J connectivity index is 1.57. The van der Waals surface area contributed by atoms with E-state index in [4.69, 9.17) is 4.42 Å². The van der Waals surface area contributed by atoms with E-state index in [1.165, 1.54) is 19.3 Å². The highest BCUT2D eigenvalue weighted by Gasteiger charge is 2.25. The maximum atomic E-state index is 13.4. The van der Waals surface area contributed by atoms with Crippen molar-refractivity contribution in [1.29, 1.82) is 0 Å². The third-order valence-corrected chi connectivity index (χ3v) is 6.55. The average molecular weight is 436 g/mol. The van der Waals surface area contributed by atoms with Crippen molar-refractivity contribution in [3.8, 4) is 0 Å². The third kappa shape index (κ3) is 5.30. The van der Waals surface area contributed by atoms with Crippen molar-refractivity contribution < 1.29 is 9.21 Å². The first-order chi connectivity index (χ1) is 15.5. The van der Waals surface area contributed by atoms with Crippen LogP contribution < -0.4 is 5.56 Å². The molecule has 2 heterocycles. The summed E-state index contributed by atoms with van der Waals surface area (Å²) in [4.78, 5) is 33.2. The molecule has 0 aliphatic heterocycles. The van der Waals surface area contributed by atoms with Gasteiger partial charge in [-0.3, -0.25) is 14.5 Å².